The standard InChI is InChI=1S/C21H21N3O5S/c1-3-28-21(27)17-12(2)29-20(18(17)19(22)26)24-15(25)10-11-30-16-9-8-13-6-4-5-7-14(13)23-16/h4-9H,3,10-11H2,1-2H3,(H2,22,26)(H,24,25). The highest BCUT2D eigenvalue weighted by molar-refractivity contribution is 7.99. The van der Waals surface area contributed by atoms with Gasteiger partial charge in [-0.05, 0) is 26.0 Å². The fraction of sp³-hybridized carbons (Fsp3) is 0.238. The van der Waals surface area contributed by atoms with Gasteiger partial charge >= 0.3 is 5.97 Å². The first-order chi connectivity index (χ1) is 14.4. The summed E-state index contributed by atoms with van der Waals surface area (Å²) < 4.78 is 10.3. The average Bonchev–Trinajstić information content (AvgIpc) is 3.04. The van der Waals surface area contributed by atoms with Gasteiger partial charge in [-0.2, -0.15) is 0 Å². The second-order valence-electron chi connectivity index (χ2n) is 6.31. The number of hydrogen-bond acceptors (Lipinski definition) is 7. The SMILES string of the molecule is CCOC(=O)c1c(C)oc(NC(=O)CCSc2ccc3ccccc3n2)c1C(N)=O. The molecule has 0 aliphatic heterocycles. The Hall–Kier alpha value is -3.33. The number of nitrogens with two attached hydrogens (primary N) is 1. The maximum atomic E-state index is 12.3. The van der Waals surface area contributed by atoms with Crippen molar-refractivity contribution in [3.63, 3.8) is 0 Å². The van der Waals surface area contributed by atoms with Crippen LogP contribution in [0.2, 0.25) is 0 Å². The quantitative estimate of drug-likeness (QED) is 0.416. The summed E-state index contributed by atoms with van der Waals surface area (Å²) in [6.07, 6.45) is 0.145. The Morgan fingerprint density at radius 2 is 1.93 bits per heavy atom. The highest BCUT2D eigenvalue weighted by atomic mass is 32.2. The fourth-order valence-electron chi connectivity index (χ4n) is 2.88. The van der Waals surface area contributed by atoms with Gasteiger partial charge in [0.15, 0.2) is 0 Å². The number of pyridine rings is 1. The molecule has 2 amide bonds. The lowest BCUT2D eigenvalue weighted by atomic mass is 10.1. The fourth-order valence-corrected chi connectivity index (χ4v) is 3.71. The second-order valence-corrected chi connectivity index (χ2v) is 7.43. The molecule has 156 valence electrons. The second kappa shape index (κ2) is 9.45. The molecule has 0 saturated heterocycles. The van der Waals surface area contributed by atoms with Gasteiger partial charge in [0, 0.05) is 17.6 Å². The molecule has 0 fully saturated rings. The van der Waals surface area contributed by atoms with Gasteiger partial charge in [-0.1, -0.05) is 24.3 Å². The minimum absolute atomic E-state index is 0.0746. The normalized spacial score (nSPS) is 10.7. The number of hydrogen-bond donors (Lipinski definition) is 2. The van der Waals surface area contributed by atoms with Crippen LogP contribution in [0.3, 0.4) is 0 Å². The van der Waals surface area contributed by atoms with E-state index >= 15 is 0 Å². The van der Waals surface area contributed by atoms with Crippen LogP contribution in [0, 0.1) is 6.92 Å². The van der Waals surface area contributed by atoms with Gasteiger partial charge in [-0.3, -0.25) is 14.9 Å². The number of carbonyl (C=O) groups is 3. The molecule has 8 nitrogen and oxygen atoms in total. The third-order valence-electron chi connectivity index (χ3n) is 4.22. The number of rotatable bonds is 8. The Kier molecular flexibility index (Phi) is 6.73. The molecule has 0 spiro atoms. The first kappa shape index (κ1) is 21.4. The maximum Gasteiger partial charge on any atom is 0.342 e. The van der Waals surface area contributed by atoms with Crippen molar-refractivity contribution in [1.29, 1.82) is 0 Å². The van der Waals surface area contributed by atoms with Crippen molar-refractivity contribution < 1.29 is 23.5 Å². The van der Waals surface area contributed by atoms with Crippen molar-refractivity contribution in [2.24, 2.45) is 5.73 Å². The van der Waals surface area contributed by atoms with Gasteiger partial charge < -0.3 is 14.9 Å². The van der Waals surface area contributed by atoms with E-state index < -0.39 is 11.9 Å². The molecule has 0 saturated carbocycles. The molecule has 3 aromatic rings. The summed E-state index contributed by atoms with van der Waals surface area (Å²) in [6.45, 7) is 3.26. The van der Waals surface area contributed by atoms with E-state index in [0.717, 1.165) is 15.9 Å². The van der Waals surface area contributed by atoms with Gasteiger partial charge in [-0.25, -0.2) is 9.78 Å². The predicted octanol–water partition coefficient (Wildman–Crippen LogP) is 3.53. The summed E-state index contributed by atoms with van der Waals surface area (Å²) in [5.41, 5.74) is 6.01. The van der Waals surface area contributed by atoms with Gasteiger partial charge in [0.25, 0.3) is 5.91 Å². The molecule has 0 atom stereocenters. The largest absolute Gasteiger partial charge is 0.462 e. The number of carbonyl (C=O) groups excluding carboxylic acids is 3. The zero-order valence-electron chi connectivity index (χ0n) is 16.6. The Labute approximate surface area is 177 Å². The Balaban J connectivity index is 1.64. The summed E-state index contributed by atoms with van der Waals surface area (Å²) in [5, 5.41) is 4.37. The van der Waals surface area contributed by atoms with Crippen LogP contribution in [0.5, 0.6) is 0 Å². The number of nitrogens with one attached hydrogen (secondary N) is 1. The minimum atomic E-state index is -0.889. The number of fused-ring (bicyclic) bond motifs is 1. The molecule has 9 heteroatoms. The molecule has 2 heterocycles. The van der Waals surface area contributed by atoms with Crippen LogP contribution in [0.15, 0.2) is 45.8 Å². The third kappa shape index (κ3) is 4.80. The third-order valence-corrected chi connectivity index (χ3v) is 5.15. The number of primary amides is 1. The molecular formula is C21H21N3O5S. The van der Waals surface area contributed by atoms with E-state index in [-0.39, 0.29) is 41.7 Å². The molecule has 3 rings (SSSR count). The number of amides is 2. The number of anilines is 1. The first-order valence-corrected chi connectivity index (χ1v) is 10.3. The zero-order valence-corrected chi connectivity index (χ0v) is 17.4. The van der Waals surface area contributed by atoms with E-state index in [1.54, 1.807) is 6.92 Å². The van der Waals surface area contributed by atoms with E-state index in [9.17, 15) is 14.4 Å². The number of furan rings is 1. The number of thioether (sulfide) groups is 1. The summed E-state index contributed by atoms with van der Waals surface area (Å²) in [5.74, 6) is -1.54. The molecule has 0 aliphatic carbocycles. The number of benzene rings is 1. The van der Waals surface area contributed by atoms with E-state index in [0.29, 0.717) is 5.75 Å². The maximum absolute atomic E-state index is 12.3. The molecule has 30 heavy (non-hydrogen) atoms. The lowest BCUT2D eigenvalue weighted by molar-refractivity contribution is -0.115. The number of nitrogens with zero attached hydrogens (tertiary/aromatic N) is 1. The Morgan fingerprint density at radius 3 is 2.67 bits per heavy atom. The molecule has 2 aromatic heterocycles. The van der Waals surface area contributed by atoms with Crippen LogP contribution in [-0.4, -0.2) is 35.1 Å². The predicted molar refractivity (Wildman–Crippen MR) is 114 cm³/mol. The smallest absolute Gasteiger partial charge is 0.342 e. The molecule has 1 aromatic carbocycles. The Morgan fingerprint density at radius 1 is 1.17 bits per heavy atom. The summed E-state index contributed by atoms with van der Waals surface area (Å²) in [7, 11) is 0. The van der Waals surface area contributed by atoms with Crippen molar-refractivity contribution in [3.8, 4) is 0 Å². The molecule has 0 aliphatic rings. The summed E-state index contributed by atoms with van der Waals surface area (Å²) in [6, 6.07) is 11.7. The highest BCUT2D eigenvalue weighted by Crippen LogP contribution is 2.28. The monoisotopic (exact) mass is 427 g/mol. The number of ether oxygens (including phenoxy) is 1. The van der Waals surface area contributed by atoms with Gasteiger partial charge in [0.1, 0.15) is 16.9 Å². The number of esters is 1. The van der Waals surface area contributed by atoms with E-state index in [2.05, 4.69) is 10.3 Å². The first-order valence-electron chi connectivity index (χ1n) is 9.29. The topological polar surface area (TPSA) is 125 Å². The molecule has 3 N–H and O–H groups in total. The van der Waals surface area contributed by atoms with Crippen molar-refractivity contribution in [1.82, 2.24) is 4.98 Å². The van der Waals surface area contributed by atoms with Crippen molar-refractivity contribution in [2.75, 3.05) is 17.7 Å². The average molecular weight is 427 g/mol. The summed E-state index contributed by atoms with van der Waals surface area (Å²) in [4.78, 5) is 40.8. The van der Waals surface area contributed by atoms with Gasteiger partial charge in [-0.15, -0.1) is 11.8 Å². The van der Waals surface area contributed by atoms with Gasteiger partial charge in [0.2, 0.25) is 11.8 Å². The minimum Gasteiger partial charge on any atom is -0.462 e. The molecule has 0 unspecified atom stereocenters. The van der Waals surface area contributed by atoms with Crippen LogP contribution in [-0.2, 0) is 9.53 Å². The molecule has 0 bridgehead atoms. The van der Waals surface area contributed by atoms with Crippen molar-refractivity contribution >= 4 is 46.3 Å². The van der Waals surface area contributed by atoms with E-state index in [4.69, 9.17) is 14.9 Å². The van der Waals surface area contributed by atoms with Crippen LogP contribution in [0.4, 0.5) is 5.88 Å². The number of aromatic nitrogens is 1. The lowest BCUT2D eigenvalue weighted by Crippen LogP contribution is -2.20. The van der Waals surface area contributed by atoms with Crippen LogP contribution in [0.1, 0.15) is 39.8 Å². The molecular weight excluding hydrogens is 406 g/mol. The number of aryl methyl sites for hydroxylation is 1. The van der Waals surface area contributed by atoms with Gasteiger partial charge in [0.05, 0.1) is 17.1 Å². The molecule has 0 radical (unpaired) electrons. The van der Waals surface area contributed by atoms with E-state index in [1.165, 1.54) is 18.7 Å². The van der Waals surface area contributed by atoms with Crippen molar-refractivity contribution in [2.45, 2.75) is 25.3 Å². The summed E-state index contributed by atoms with van der Waals surface area (Å²) >= 11 is 1.44. The highest BCUT2D eigenvalue weighted by Gasteiger charge is 2.29. The van der Waals surface area contributed by atoms with E-state index in [1.807, 2.05) is 36.4 Å². The lowest BCUT2D eigenvalue weighted by Gasteiger charge is -2.05. The number of para-hydroxylation sites is 1. The Bertz CT molecular complexity index is 1110. The van der Waals surface area contributed by atoms with Crippen molar-refractivity contribution in [3.05, 3.63) is 53.3 Å². The van der Waals surface area contributed by atoms with Crippen LogP contribution >= 0.6 is 11.8 Å². The zero-order chi connectivity index (χ0) is 21.7. The van der Waals surface area contributed by atoms with Crippen LogP contribution < -0.4 is 11.1 Å². The van der Waals surface area contributed by atoms with Crippen LogP contribution in [0.25, 0.3) is 10.9 Å².